The van der Waals surface area contributed by atoms with Gasteiger partial charge in [0.05, 0.1) is 16.9 Å². The molecule has 0 amide bonds. The topological polar surface area (TPSA) is 107 Å². The van der Waals surface area contributed by atoms with Gasteiger partial charge in [-0.25, -0.2) is 13.6 Å². The van der Waals surface area contributed by atoms with E-state index in [2.05, 4.69) is 0 Å². The number of nitrogens with two attached hydrogens (primary N) is 1. The summed E-state index contributed by atoms with van der Waals surface area (Å²) in [4.78, 5) is 10.9. The van der Waals surface area contributed by atoms with Crippen LogP contribution < -0.4 is 9.88 Å². The molecule has 0 unspecified atom stereocenters. The molecule has 1 aliphatic carbocycles. The molecule has 0 saturated heterocycles. The van der Waals surface area contributed by atoms with Crippen molar-refractivity contribution in [2.45, 2.75) is 36.7 Å². The van der Waals surface area contributed by atoms with E-state index < -0.39 is 16.0 Å². The molecule has 0 radical (unpaired) electrons. The van der Waals surface area contributed by atoms with Crippen LogP contribution in [0.15, 0.2) is 29.2 Å². The Kier molecular flexibility index (Phi) is 4.29. The predicted molar refractivity (Wildman–Crippen MR) is 71.8 cm³/mol. The van der Waals surface area contributed by atoms with Gasteiger partial charge in [0, 0.05) is 0 Å². The van der Waals surface area contributed by atoms with Gasteiger partial charge in [0.2, 0.25) is 10.0 Å². The zero-order valence-electron chi connectivity index (χ0n) is 10.9. The zero-order chi connectivity index (χ0) is 14.8. The van der Waals surface area contributed by atoms with Crippen molar-refractivity contribution in [1.82, 2.24) is 0 Å². The first-order chi connectivity index (χ1) is 9.36. The number of carboxylic acid groups (broad SMARTS) is 1. The highest BCUT2D eigenvalue weighted by Crippen LogP contribution is 2.28. The van der Waals surface area contributed by atoms with Crippen LogP contribution in [0.25, 0.3) is 0 Å². The number of hydrogen-bond donors (Lipinski definition) is 2. The molecule has 1 aromatic rings. The van der Waals surface area contributed by atoms with Crippen LogP contribution in [0.2, 0.25) is 0 Å². The summed E-state index contributed by atoms with van der Waals surface area (Å²) >= 11 is 0. The summed E-state index contributed by atoms with van der Waals surface area (Å²) in [5.41, 5.74) is 0. The summed E-state index contributed by atoms with van der Waals surface area (Å²) in [7, 11) is -3.69. The third-order valence-corrected chi connectivity index (χ3v) is 4.41. The Morgan fingerprint density at radius 3 is 2.15 bits per heavy atom. The molecule has 0 bridgehead atoms. The lowest BCUT2D eigenvalue weighted by atomic mass is 9.87. The Labute approximate surface area is 117 Å². The standard InChI is InChI=1S/C13H17NO5S/c14-20(17,18)12-7-5-11(6-8-12)19-10-3-1-9(2-4-10)13(15)16/h5-10H,1-4H2,(H,15,16)(H2,14,17,18). The average molecular weight is 299 g/mol. The molecule has 1 saturated carbocycles. The minimum atomic E-state index is -3.69. The van der Waals surface area contributed by atoms with Gasteiger partial charge in [-0.15, -0.1) is 0 Å². The number of carboxylic acids is 1. The van der Waals surface area contributed by atoms with Gasteiger partial charge in [0.1, 0.15) is 5.75 Å². The van der Waals surface area contributed by atoms with Crippen LogP contribution in [0.1, 0.15) is 25.7 Å². The zero-order valence-corrected chi connectivity index (χ0v) is 11.7. The maximum Gasteiger partial charge on any atom is 0.306 e. The highest BCUT2D eigenvalue weighted by molar-refractivity contribution is 7.89. The second-order valence-corrected chi connectivity index (χ2v) is 6.51. The van der Waals surface area contributed by atoms with Crippen molar-refractivity contribution in [3.05, 3.63) is 24.3 Å². The van der Waals surface area contributed by atoms with Gasteiger partial charge >= 0.3 is 5.97 Å². The van der Waals surface area contributed by atoms with Crippen LogP contribution in [0, 0.1) is 5.92 Å². The Balaban J connectivity index is 1.93. The van der Waals surface area contributed by atoms with E-state index in [1.165, 1.54) is 12.1 Å². The molecular weight excluding hydrogens is 282 g/mol. The number of primary sulfonamides is 1. The van der Waals surface area contributed by atoms with Crippen molar-refractivity contribution in [2.75, 3.05) is 0 Å². The number of hydrogen-bond acceptors (Lipinski definition) is 4. The highest BCUT2D eigenvalue weighted by atomic mass is 32.2. The van der Waals surface area contributed by atoms with Gasteiger partial charge in [0.15, 0.2) is 0 Å². The van der Waals surface area contributed by atoms with E-state index in [-0.39, 0.29) is 16.9 Å². The number of sulfonamides is 1. The first-order valence-electron chi connectivity index (χ1n) is 6.38. The average Bonchev–Trinajstić information content (AvgIpc) is 2.39. The molecule has 1 aliphatic rings. The minimum absolute atomic E-state index is 0.0223. The summed E-state index contributed by atoms with van der Waals surface area (Å²) in [6, 6.07) is 5.91. The lowest BCUT2D eigenvalue weighted by molar-refractivity contribution is -0.143. The number of carbonyl (C=O) groups is 1. The van der Waals surface area contributed by atoms with E-state index in [1.807, 2.05) is 0 Å². The second kappa shape index (κ2) is 5.80. The van der Waals surface area contributed by atoms with Crippen molar-refractivity contribution < 1.29 is 23.1 Å². The van der Waals surface area contributed by atoms with Crippen LogP contribution in [0.4, 0.5) is 0 Å². The Morgan fingerprint density at radius 1 is 1.15 bits per heavy atom. The summed E-state index contributed by atoms with van der Waals surface area (Å²) in [5, 5.41) is 13.9. The summed E-state index contributed by atoms with van der Waals surface area (Å²) in [6.45, 7) is 0. The van der Waals surface area contributed by atoms with Gasteiger partial charge in [-0.05, 0) is 49.9 Å². The summed E-state index contributed by atoms with van der Waals surface area (Å²) in [5.74, 6) is -0.461. The van der Waals surface area contributed by atoms with Crippen molar-refractivity contribution in [2.24, 2.45) is 11.1 Å². The van der Waals surface area contributed by atoms with Crippen molar-refractivity contribution in [1.29, 1.82) is 0 Å². The molecule has 1 fully saturated rings. The third-order valence-electron chi connectivity index (χ3n) is 3.48. The molecule has 110 valence electrons. The molecule has 0 spiro atoms. The van der Waals surface area contributed by atoms with Crippen LogP contribution in [-0.2, 0) is 14.8 Å². The van der Waals surface area contributed by atoms with Crippen molar-refractivity contribution >= 4 is 16.0 Å². The molecule has 0 aliphatic heterocycles. The molecular formula is C13H17NO5S. The van der Waals surface area contributed by atoms with Gasteiger partial charge in [-0.3, -0.25) is 4.79 Å². The molecule has 1 aromatic carbocycles. The van der Waals surface area contributed by atoms with Crippen LogP contribution in [-0.4, -0.2) is 25.6 Å². The number of benzene rings is 1. The smallest absolute Gasteiger partial charge is 0.306 e. The third kappa shape index (κ3) is 3.71. The SMILES string of the molecule is NS(=O)(=O)c1ccc(OC2CCC(C(=O)O)CC2)cc1. The fourth-order valence-electron chi connectivity index (χ4n) is 2.33. The van der Waals surface area contributed by atoms with Crippen molar-refractivity contribution in [3.8, 4) is 5.75 Å². The lowest BCUT2D eigenvalue weighted by Gasteiger charge is -2.26. The van der Waals surface area contributed by atoms with E-state index in [0.29, 0.717) is 31.4 Å². The monoisotopic (exact) mass is 299 g/mol. The Morgan fingerprint density at radius 2 is 1.70 bits per heavy atom. The quantitative estimate of drug-likeness (QED) is 0.873. The number of aliphatic carboxylic acids is 1. The molecule has 3 N–H and O–H groups in total. The molecule has 6 nitrogen and oxygen atoms in total. The molecule has 0 heterocycles. The van der Waals surface area contributed by atoms with E-state index in [4.69, 9.17) is 15.0 Å². The fourth-order valence-corrected chi connectivity index (χ4v) is 2.84. The van der Waals surface area contributed by atoms with Crippen LogP contribution in [0.5, 0.6) is 5.75 Å². The summed E-state index contributed by atoms with van der Waals surface area (Å²) < 4.78 is 28.0. The Hall–Kier alpha value is -1.60. The van der Waals surface area contributed by atoms with Crippen LogP contribution >= 0.6 is 0 Å². The van der Waals surface area contributed by atoms with E-state index in [9.17, 15) is 13.2 Å². The predicted octanol–water partition coefficient (Wildman–Crippen LogP) is 1.36. The van der Waals surface area contributed by atoms with Gasteiger partial charge < -0.3 is 9.84 Å². The molecule has 7 heteroatoms. The first-order valence-corrected chi connectivity index (χ1v) is 7.93. The van der Waals surface area contributed by atoms with E-state index in [1.54, 1.807) is 12.1 Å². The molecule has 20 heavy (non-hydrogen) atoms. The Bertz CT molecular complexity index is 573. The minimum Gasteiger partial charge on any atom is -0.490 e. The largest absolute Gasteiger partial charge is 0.490 e. The van der Waals surface area contributed by atoms with E-state index >= 15 is 0 Å². The molecule has 0 atom stereocenters. The highest BCUT2D eigenvalue weighted by Gasteiger charge is 2.26. The van der Waals surface area contributed by atoms with E-state index in [0.717, 1.165) is 0 Å². The lowest BCUT2D eigenvalue weighted by Crippen LogP contribution is -2.27. The maximum absolute atomic E-state index is 11.1. The number of rotatable bonds is 4. The second-order valence-electron chi connectivity index (χ2n) is 4.95. The van der Waals surface area contributed by atoms with Gasteiger partial charge in [-0.2, -0.15) is 0 Å². The van der Waals surface area contributed by atoms with Gasteiger partial charge in [0.25, 0.3) is 0 Å². The molecule has 0 aromatic heterocycles. The maximum atomic E-state index is 11.1. The van der Waals surface area contributed by atoms with Crippen molar-refractivity contribution in [3.63, 3.8) is 0 Å². The fraction of sp³-hybridized carbons (Fsp3) is 0.462. The van der Waals surface area contributed by atoms with Crippen LogP contribution in [0.3, 0.4) is 0 Å². The number of ether oxygens (including phenoxy) is 1. The molecule has 2 rings (SSSR count). The first kappa shape index (κ1) is 14.8. The van der Waals surface area contributed by atoms with Gasteiger partial charge in [-0.1, -0.05) is 0 Å². The normalized spacial score (nSPS) is 23.2. The summed E-state index contributed by atoms with van der Waals surface area (Å²) in [6.07, 6.45) is 2.57.